The standard InChI is InChI=1S/C13H18N2O4/c1-3-10(2)8-14-13(16)19-9-11-6-4-5-7-12(11)15(17)18/h4-7,10H,3,8-9H2,1-2H3,(H,14,16). The summed E-state index contributed by atoms with van der Waals surface area (Å²) < 4.78 is 4.96. The van der Waals surface area contributed by atoms with E-state index in [-0.39, 0.29) is 12.3 Å². The monoisotopic (exact) mass is 266 g/mol. The second-order valence-corrected chi connectivity index (χ2v) is 4.36. The number of hydrogen-bond donors (Lipinski definition) is 1. The molecule has 6 heteroatoms. The normalized spacial score (nSPS) is 11.7. The van der Waals surface area contributed by atoms with Crippen molar-refractivity contribution in [3.05, 3.63) is 39.9 Å². The van der Waals surface area contributed by atoms with E-state index in [0.717, 1.165) is 6.42 Å². The predicted octanol–water partition coefficient (Wildman–Crippen LogP) is 2.87. The molecule has 1 aromatic rings. The quantitative estimate of drug-likeness (QED) is 0.634. The second kappa shape index (κ2) is 7.35. The summed E-state index contributed by atoms with van der Waals surface area (Å²) in [5.74, 6) is 0.374. The van der Waals surface area contributed by atoms with Crippen molar-refractivity contribution in [2.24, 2.45) is 5.92 Å². The van der Waals surface area contributed by atoms with Crippen molar-refractivity contribution in [3.8, 4) is 0 Å². The van der Waals surface area contributed by atoms with Crippen molar-refractivity contribution in [2.75, 3.05) is 6.54 Å². The molecule has 0 aliphatic carbocycles. The molecule has 6 nitrogen and oxygen atoms in total. The Morgan fingerprint density at radius 1 is 1.47 bits per heavy atom. The molecule has 0 spiro atoms. The van der Waals surface area contributed by atoms with E-state index in [0.29, 0.717) is 18.0 Å². The van der Waals surface area contributed by atoms with Crippen LogP contribution in [0.4, 0.5) is 10.5 Å². The maximum absolute atomic E-state index is 11.4. The molecule has 1 N–H and O–H groups in total. The van der Waals surface area contributed by atoms with Crippen LogP contribution < -0.4 is 5.32 Å². The zero-order chi connectivity index (χ0) is 14.3. The molecule has 104 valence electrons. The fourth-order valence-electron chi connectivity index (χ4n) is 1.41. The Balaban J connectivity index is 2.48. The highest BCUT2D eigenvalue weighted by Crippen LogP contribution is 2.18. The van der Waals surface area contributed by atoms with Crippen LogP contribution in [0.2, 0.25) is 0 Å². The molecule has 0 aliphatic heterocycles. The molecule has 0 fully saturated rings. The van der Waals surface area contributed by atoms with Crippen LogP contribution in [-0.4, -0.2) is 17.6 Å². The average molecular weight is 266 g/mol. The number of rotatable bonds is 6. The van der Waals surface area contributed by atoms with Crippen LogP contribution in [-0.2, 0) is 11.3 Å². The largest absolute Gasteiger partial charge is 0.444 e. The maximum Gasteiger partial charge on any atom is 0.407 e. The van der Waals surface area contributed by atoms with Crippen LogP contribution in [0, 0.1) is 16.0 Å². The second-order valence-electron chi connectivity index (χ2n) is 4.36. The first kappa shape index (κ1) is 14.9. The van der Waals surface area contributed by atoms with E-state index in [1.54, 1.807) is 18.2 Å². The third-order valence-electron chi connectivity index (χ3n) is 2.84. The number of carbonyl (C=O) groups excluding carboxylic acids is 1. The molecule has 1 atom stereocenters. The third kappa shape index (κ3) is 4.95. The van der Waals surface area contributed by atoms with Crippen LogP contribution in [0.1, 0.15) is 25.8 Å². The van der Waals surface area contributed by atoms with E-state index in [9.17, 15) is 14.9 Å². The number of nitrogens with one attached hydrogen (secondary N) is 1. The zero-order valence-corrected chi connectivity index (χ0v) is 11.1. The molecule has 0 bridgehead atoms. The van der Waals surface area contributed by atoms with Crippen molar-refractivity contribution in [1.82, 2.24) is 5.32 Å². The Morgan fingerprint density at radius 2 is 2.16 bits per heavy atom. The van der Waals surface area contributed by atoms with Gasteiger partial charge < -0.3 is 10.1 Å². The Labute approximate surface area is 111 Å². The summed E-state index contributed by atoms with van der Waals surface area (Å²) in [4.78, 5) is 21.7. The van der Waals surface area contributed by atoms with Gasteiger partial charge in [0.25, 0.3) is 5.69 Å². The lowest BCUT2D eigenvalue weighted by Crippen LogP contribution is -2.28. The van der Waals surface area contributed by atoms with Crippen molar-refractivity contribution < 1.29 is 14.5 Å². The Kier molecular flexibility index (Phi) is 5.78. The zero-order valence-electron chi connectivity index (χ0n) is 11.1. The van der Waals surface area contributed by atoms with Gasteiger partial charge in [-0.3, -0.25) is 10.1 Å². The average Bonchev–Trinajstić information content (AvgIpc) is 2.42. The van der Waals surface area contributed by atoms with E-state index in [1.807, 2.05) is 13.8 Å². The number of nitro benzene ring substituents is 1. The van der Waals surface area contributed by atoms with Crippen LogP contribution in [0.5, 0.6) is 0 Å². The van der Waals surface area contributed by atoms with Gasteiger partial charge in [-0.2, -0.15) is 0 Å². The smallest absolute Gasteiger partial charge is 0.407 e. The van der Waals surface area contributed by atoms with Crippen LogP contribution in [0.3, 0.4) is 0 Å². The number of alkyl carbamates (subject to hydrolysis) is 1. The lowest BCUT2D eigenvalue weighted by Gasteiger charge is -2.10. The summed E-state index contributed by atoms with van der Waals surface area (Å²) in [5.41, 5.74) is 0.336. The van der Waals surface area contributed by atoms with E-state index in [2.05, 4.69) is 5.32 Å². The Morgan fingerprint density at radius 3 is 2.79 bits per heavy atom. The maximum atomic E-state index is 11.4. The van der Waals surface area contributed by atoms with Gasteiger partial charge >= 0.3 is 6.09 Å². The first-order chi connectivity index (χ1) is 9.04. The highest BCUT2D eigenvalue weighted by atomic mass is 16.6. The molecule has 0 radical (unpaired) electrons. The minimum absolute atomic E-state index is 0.0442. The highest BCUT2D eigenvalue weighted by molar-refractivity contribution is 5.67. The summed E-state index contributed by atoms with van der Waals surface area (Å²) >= 11 is 0. The van der Waals surface area contributed by atoms with Crippen LogP contribution in [0.25, 0.3) is 0 Å². The fourth-order valence-corrected chi connectivity index (χ4v) is 1.41. The van der Waals surface area contributed by atoms with Crippen molar-refractivity contribution in [1.29, 1.82) is 0 Å². The molecule has 0 saturated heterocycles. The van der Waals surface area contributed by atoms with E-state index in [4.69, 9.17) is 4.74 Å². The molecule has 0 aromatic heterocycles. The number of para-hydroxylation sites is 1. The number of carbonyl (C=O) groups is 1. The predicted molar refractivity (Wildman–Crippen MR) is 70.7 cm³/mol. The molecule has 1 unspecified atom stereocenters. The minimum Gasteiger partial charge on any atom is -0.444 e. The summed E-state index contributed by atoms with van der Waals surface area (Å²) in [7, 11) is 0. The van der Waals surface area contributed by atoms with Gasteiger partial charge in [-0.15, -0.1) is 0 Å². The topological polar surface area (TPSA) is 81.5 Å². The number of amides is 1. The molecule has 0 saturated carbocycles. The number of benzene rings is 1. The molecule has 0 aliphatic rings. The summed E-state index contributed by atoms with van der Waals surface area (Å²) in [6, 6.07) is 6.20. The van der Waals surface area contributed by atoms with E-state index < -0.39 is 11.0 Å². The van der Waals surface area contributed by atoms with Crippen molar-refractivity contribution >= 4 is 11.8 Å². The van der Waals surface area contributed by atoms with Gasteiger partial charge in [-0.25, -0.2) is 4.79 Å². The number of nitro groups is 1. The summed E-state index contributed by atoms with van der Waals surface area (Å²) in [5, 5.41) is 13.4. The summed E-state index contributed by atoms with van der Waals surface area (Å²) in [6.45, 7) is 4.48. The van der Waals surface area contributed by atoms with Gasteiger partial charge in [-0.05, 0) is 12.0 Å². The first-order valence-electron chi connectivity index (χ1n) is 6.17. The van der Waals surface area contributed by atoms with Crippen molar-refractivity contribution in [3.63, 3.8) is 0 Å². The Hall–Kier alpha value is -2.11. The molecular weight excluding hydrogens is 248 g/mol. The Bertz CT molecular complexity index is 448. The van der Waals surface area contributed by atoms with E-state index >= 15 is 0 Å². The van der Waals surface area contributed by atoms with E-state index in [1.165, 1.54) is 6.07 Å². The van der Waals surface area contributed by atoms with Gasteiger partial charge in [0.2, 0.25) is 0 Å². The molecule has 19 heavy (non-hydrogen) atoms. The molecule has 1 aromatic carbocycles. The lowest BCUT2D eigenvalue weighted by molar-refractivity contribution is -0.385. The van der Waals surface area contributed by atoms with Gasteiger partial charge in [0.05, 0.1) is 10.5 Å². The van der Waals surface area contributed by atoms with Gasteiger partial charge in [0.1, 0.15) is 6.61 Å². The highest BCUT2D eigenvalue weighted by Gasteiger charge is 2.14. The number of nitrogens with zero attached hydrogens (tertiary/aromatic N) is 1. The van der Waals surface area contributed by atoms with Crippen molar-refractivity contribution in [2.45, 2.75) is 26.9 Å². The fraction of sp³-hybridized carbons (Fsp3) is 0.462. The SMILES string of the molecule is CCC(C)CNC(=O)OCc1ccccc1[N+](=O)[O-]. The van der Waals surface area contributed by atoms with Gasteiger partial charge in [0, 0.05) is 12.6 Å². The van der Waals surface area contributed by atoms with Crippen LogP contribution in [0.15, 0.2) is 24.3 Å². The molecule has 1 amide bonds. The lowest BCUT2D eigenvalue weighted by atomic mass is 10.1. The number of hydrogen-bond acceptors (Lipinski definition) is 4. The molecular formula is C13H18N2O4. The third-order valence-corrected chi connectivity index (χ3v) is 2.84. The van der Waals surface area contributed by atoms with Gasteiger partial charge in [-0.1, -0.05) is 32.4 Å². The molecule has 1 rings (SSSR count). The minimum atomic E-state index is -0.557. The first-order valence-corrected chi connectivity index (χ1v) is 6.17. The van der Waals surface area contributed by atoms with Crippen LogP contribution >= 0.6 is 0 Å². The number of ether oxygens (including phenoxy) is 1. The van der Waals surface area contributed by atoms with Gasteiger partial charge in [0.15, 0.2) is 0 Å². The summed E-state index contributed by atoms with van der Waals surface area (Å²) in [6.07, 6.45) is 0.406. The molecule has 0 heterocycles.